The summed E-state index contributed by atoms with van der Waals surface area (Å²) < 4.78 is 0. The maximum Gasteiger partial charge on any atom is 0.184 e. The minimum Gasteiger partial charge on any atom is -0.361 e. The molecular weight excluding hydrogens is 236 g/mol. The molecule has 98 valence electrons. The first-order chi connectivity index (χ1) is 9.25. The van der Waals surface area contributed by atoms with Crippen molar-refractivity contribution in [1.82, 2.24) is 5.32 Å². The Labute approximate surface area is 113 Å². The highest BCUT2D eigenvalue weighted by Gasteiger charge is 2.32. The lowest BCUT2D eigenvalue weighted by atomic mass is 10.1. The molecule has 2 unspecified atom stereocenters. The highest BCUT2D eigenvalue weighted by Crippen LogP contribution is 2.31. The average Bonchev–Trinajstić information content (AvgIpc) is 2.83. The van der Waals surface area contributed by atoms with Crippen molar-refractivity contribution in [3.63, 3.8) is 0 Å². The van der Waals surface area contributed by atoms with Crippen molar-refractivity contribution in [2.24, 2.45) is 0 Å². The molecule has 1 saturated heterocycles. The van der Waals surface area contributed by atoms with Crippen LogP contribution in [-0.2, 0) is 0 Å². The quantitative estimate of drug-likeness (QED) is 0.864. The summed E-state index contributed by atoms with van der Waals surface area (Å²) in [5.74, 6) is 0. The van der Waals surface area contributed by atoms with E-state index in [1.807, 2.05) is 23.1 Å². The van der Waals surface area contributed by atoms with E-state index in [0.29, 0.717) is 0 Å². The van der Waals surface area contributed by atoms with Gasteiger partial charge >= 0.3 is 0 Å². The zero-order valence-electron chi connectivity index (χ0n) is 11.0. The van der Waals surface area contributed by atoms with Gasteiger partial charge in [0, 0.05) is 12.2 Å². The SMILES string of the molecule is Cc1ccc(N2C(O)NCC2c2ccccc2)cc1. The van der Waals surface area contributed by atoms with Gasteiger partial charge in [0.15, 0.2) is 6.35 Å². The number of aliphatic hydroxyl groups is 1. The molecule has 1 aliphatic rings. The zero-order valence-corrected chi connectivity index (χ0v) is 11.0. The summed E-state index contributed by atoms with van der Waals surface area (Å²) >= 11 is 0. The summed E-state index contributed by atoms with van der Waals surface area (Å²) in [6, 6.07) is 18.7. The van der Waals surface area contributed by atoms with Crippen LogP contribution < -0.4 is 10.2 Å². The van der Waals surface area contributed by atoms with Gasteiger partial charge in [0.2, 0.25) is 0 Å². The monoisotopic (exact) mass is 254 g/mol. The molecule has 3 rings (SSSR count). The fourth-order valence-electron chi connectivity index (χ4n) is 2.58. The molecule has 2 aromatic carbocycles. The van der Waals surface area contributed by atoms with Gasteiger partial charge in [-0.1, -0.05) is 48.0 Å². The largest absolute Gasteiger partial charge is 0.361 e. The van der Waals surface area contributed by atoms with Crippen molar-refractivity contribution in [2.45, 2.75) is 19.3 Å². The number of anilines is 1. The van der Waals surface area contributed by atoms with Crippen LogP contribution in [0.25, 0.3) is 0 Å². The van der Waals surface area contributed by atoms with Gasteiger partial charge in [-0.25, -0.2) is 0 Å². The molecule has 3 heteroatoms. The first kappa shape index (κ1) is 12.2. The van der Waals surface area contributed by atoms with Crippen LogP contribution in [-0.4, -0.2) is 18.0 Å². The fraction of sp³-hybridized carbons (Fsp3) is 0.250. The summed E-state index contributed by atoms with van der Waals surface area (Å²) in [7, 11) is 0. The third-order valence-electron chi connectivity index (χ3n) is 3.61. The average molecular weight is 254 g/mol. The Kier molecular flexibility index (Phi) is 3.23. The number of nitrogens with zero attached hydrogens (tertiary/aromatic N) is 1. The van der Waals surface area contributed by atoms with E-state index in [-0.39, 0.29) is 6.04 Å². The Bertz CT molecular complexity index is 538. The van der Waals surface area contributed by atoms with E-state index in [9.17, 15) is 5.11 Å². The minimum absolute atomic E-state index is 0.166. The third kappa shape index (κ3) is 2.35. The minimum atomic E-state index is -0.632. The van der Waals surface area contributed by atoms with Crippen LogP contribution in [0.3, 0.4) is 0 Å². The van der Waals surface area contributed by atoms with Crippen LogP contribution >= 0.6 is 0 Å². The molecule has 2 aromatic rings. The molecule has 3 nitrogen and oxygen atoms in total. The smallest absolute Gasteiger partial charge is 0.184 e. The Morgan fingerprint density at radius 2 is 1.74 bits per heavy atom. The second kappa shape index (κ2) is 5.03. The van der Waals surface area contributed by atoms with Gasteiger partial charge in [-0.2, -0.15) is 0 Å². The lowest BCUT2D eigenvalue weighted by molar-refractivity contribution is 0.161. The number of aliphatic hydroxyl groups excluding tert-OH is 1. The number of rotatable bonds is 2. The van der Waals surface area contributed by atoms with Gasteiger partial charge in [-0.3, -0.25) is 5.32 Å². The Morgan fingerprint density at radius 3 is 2.42 bits per heavy atom. The van der Waals surface area contributed by atoms with Crippen molar-refractivity contribution < 1.29 is 5.11 Å². The van der Waals surface area contributed by atoms with Crippen molar-refractivity contribution in [3.8, 4) is 0 Å². The predicted molar refractivity (Wildman–Crippen MR) is 76.9 cm³/mol. The maximum atomic E-state index is 10.2. The standard InChI is InChI=1S/C16H18N2O/c1-12-7-9-14(10-8-12)18-15(11-17-16(18)19)13-5-3-2-4-6-13/h2-10,15-17,19H,11H2,1H3. The topological polar surface area (TPSA) is 35.5 Å². The van der Waals surface area contributed by atoms with E-state index in [4.69, 9.17) is 0 Å². The highest BCUT2D eigenvalue weighted by atomic mass is 16.3. The normalized spacial score (nSPS) is 22.7. The molecule has 1 aliphatic heterocycles. The molecular formula is C16H18N2O. The molecule has 1 fully saturated rings. The molecule has 0 amide bonds. The summed E-state index contributed by atoms with van der Waals surface area (Å²) in [4.78, 5) is 2.02. The maximum absolute atomic E-state index is 10.2. The van der Waals surface area contributed by atoms with Crippen molar-refractivity contribution in [3.05, 3.63) is 65.7 Å². The number of benzene rings is 2. The summed E-state index contributed by atoms with van der Waals surface area (Å²) in [6.07, 6.45) is -0.632. The number of hydrogen-bond donors (Lipinski definition) is 2. The summed E-state index contributed by atoms with van der Waals surface area (Å²) in [6.45, 7) is 2.82. The summed E-state index contributed by atoms with van der Waals surface area (Å²) in [5, 5.41) is 13.3. The number of hydrogen-bond acceptors (Lipinski definition) is 3. The van der Waals surface area contributed by atoms with E-state index in [1.54, 1.807) is 0 Å². The van der Waals surface area contributed by atoms with Gasteiger partial charge in [0.05, 0.1) is 6.04 Å². The van der Waals surface area contributed by atoms with Gasteiger partial charge in [0.1, 0.15) is 0 Å². The Morgan fingerprint density at radius 1 is 1.05 bits per heavy atom. The van der Waals surface area contributed by atoms with Gasteiger partial charge < -0.3 is 10.0 Å². The first-order valence-corrected chi connectivity index (χ1v) is 6.57. The molecule has 2 atom stereocenters. The fourth-order valence-corrected chi connectivity index (χ4v) is 2.58. The number of aryl methyl sites for hydroxylation is 1. The van der Waals surface area contributed by atoms with Crippen molar-refractivity contribution in [2.75, 3.05) is 11.4 Å². The van der Waals surface area contributed by atoms with Gasteiger partial charge in [0.25, 0.3) is 0 Å². The third-order valence-corrected chi connectivity index (χ3v) is 3.61. The summed E-state index contributed by atoms with van der Waals surface area (Å²) in [5.41, 5.74) is 3.48. The molecule has 1 heterocycles. The molecule has 2 N–H and O–H groups in total. The van der Waals surface area contributed by atoms with E-state index >= 15 is 0 Å². The van der Waals surface area contributed by atoms with E-state index in [2.05, 4.69) is 48.6 Å². The van der Waals surface area contributed by atoms with Crippen LogP contribution in [0.5, 0.6) is 0 Å². The van der Waals surface area contributed by atoms with Crippen LogP contribution in [0.2, 0.25) is 0 Å². The van der Waals surface area contributed by atoms with Crippen LogP contribution in [0.4, 0.5) is 5.69 Å². The molecule has 0 aliphatic carbocycles. The Hall–Kier alpha value is -1.84. The second-order valence-electron chi connectivity index (χ2n) is 4.95. The van der Waals surface area contributed by atoms with Gasteiger partial charge in [-0.15, -0.1) is 0 Å². The van der Waals surface area contributed by atoms with Crippen LogP contribution in [0.1, 0.15) is 17.2 Å². The molecule has 0 saturated carbocycles. The van der Waals surface area contributed by atoms with Crippen molar-refractivity contribution in [1.29, 1.82) is 0 Å². The number of nitrogens with one attached hydrogen (secondary N) is 1. The molecule has 19 heavy (non-hydrogen) atoms. The van der Waals surface area contributed by atoms with Crippen molar-refractivity contribution >= 4 is 5.69 Å². The molecule has 0 spiro atoms. The lowest BCUT2D eigenvalue weighted by Gasteiger charge is -2.29. The predicted octanol–water partition coefficient (Wildman–Crippen LogP) is 2.42. The zero-order chi connectivity index (χ0) is 13.2. The van der Waals surface area contributed by atoms with E-state index < -0.39 is 6.35 Å². The van der Waals surface area contributed by atoms with Crippen LogP contribution in [0.15, 0.2) is 54.6 Å². The molecule has 0 radical (unpaired) electrons. The molecule has 0 bridgehead atoms. The van der Waals surface area contributed by atoms with Gasteiger partial charge in [-0.05, 0) is 24.6 Å². The Balaban J connectivity index is 1.95. The van der Waals surface area contributed by atoms with Crippen LogP contribution in [0, 0.1) is 6.92 Å². The van der Waals surface area contributed by atoms with E-state index in [1.165, 1.54) is 11.1 Å². The van der Waals surface area contributed by atoms with E-state index in [0.717, 1.165) is 12.2 Å². The second-order valence-corrected chi connectivity index (χ2v) is 4.95. The highest BCUT2D eigenvalue weighted by molar-refractivity contribution is 5.51. The lowest BCUT2D eigenvalue weighted by Crippen LogP contribution is -2.36. The molecule has 0 aromatic heterocycles. The first-order valence-electron chi connectivity index (χ1n) is 6.57.